The number of pyridine rings is 1. The summed E-state index contributed by atoms with van der Waals surface area (Å²) in [5.41, 5.74) is 2.79. The van der Waals surface area contributed by atoms with Gasteiger partial charge in [0.2, 0.25) is 0 Å². The lowest BCUT2D eigenvalue weighted by Crippen LogP contribution is -1.97. The minimum absolute atomic E-state index is 0.364. The summed E-state index contributed by atoms with van der Waals surface area (Å²) in [4.78, 5) is 11.9. The largest absolute Gasteiger partial charge is 0.497 e. The molecule has 5 nitrogen and oxygen atoms in total. The van der Waals surface area contributed by atoms with Crippen molar-refractivity contribution in [1.29, 1.82) is 0 Å². The van der Waals surface area contributed by atoms with Gasteiger partial charge in [0.15, 0.2) is 5.65 Å². The Labute approximate surface area is 116 Å². The first kappa shape index (κ1) is 12.5. The quantitative estimate of drug-likeness (QED) is 0.791. The highest BCUT2D eigenvalue weighted by atomic mass is 16.5. The molecule has 0 saturated carbocycles. The van der Waals surface area contributed by atoms with E-state index in [-0.39, 0.29) is 0 Å². The van der Waals surface area contributed by atoms with Gasteiger partial charge >= 0.3 is 0 Å². The number of benzene rings is 1. The molecule has 0 unspecified atom stereocenters. The van der Waals surface area contributed by atoms with Crippen molar-refractivity contribution >= 4 is 11.2 Å². The molecule has 0 bridgehead atoms. The van der Waals surface area contributed by atoms with Gasteiger partial charge in [-0.25, -0.2) is 9.97 Å². The van der Waals surface area contributed by atoms with Crippen molar-refractivity contribution in [2.75, 3.05) is 7.11 Å². The van der Waals surface area contributed by atoms with E-state index in [1.807, 2.05) is 37.3 Å². The Morgan fingerprint density at radius 2 is 2.05 bits per heavy atom. The number of methoxy groups -OCH3 is 1. The molecule has 1 N–H and O–H groups in total. The maximum atomic E-state index is 5.70. The Bertz CT molecular complexity index is 737. The molecule has 0 saturated heterocycles. The lowest BCUT2D eigenvalue weighted by atomic mass is 10.3. The van der Waals surface area contributed by atoms with Gasteiger partial charge in [-0.3, -0.25) is 0 Å². The normalized spacial score (nSPS) is 10.7. The number of aromatic amines is 1. The van der Waals surface area contributed by atoms with Crippen molar-refractivity contribution in [3.8, 4) is 11.5 Å². The highest BCUT2D eigenvalue weighted by molar-refractivity contribution is 5.74. The number of fused-ring (bicyclic) bond motifs is 1. The molecule has 3 rings (SSSR count). The zero-order valence-corrected chi connectivity index (χ0v) is 11.4. The van der Waals surface area contributed by atoms with Crippen molar-refractivity contribution in [2.45, 2.75) is 13.5 Å². The molecule has 0 fully saturated rings. The smallest absolute Gasteiger partial charge is 0.178 e. The van der Waals surface area contributed by atoms with Crippen LogP contribution in [-0.4, -0.2) is 22.1 Å². The van der Waals surface area contributed by atoms with Crippen molar-refractivity contribution in [3.63, 3.8) is 0 Å². The van der Waals surface area contributed by atoms with Gasteiger partial charge in [-0.05, 0) is 30.7 Å². The molecule has 20 heavy (non-hydrogen) atoms. The third-order valence-electron chi connectivity index (χ3n) is 3.07. The van der Waals surface area contributed by atoms with Crippen LogP contribution in [0.2, 0.25) is 0 Å². The predicted octanol–water partition coefficient (Wildman–Crippen LogP) is 2.85. The summed E-state index contributed by atoms with van der Waals surface area (Å²) in [5.74, 6) is 2.27. The molecule has 3 aromatic rings. The number of nitrogens with zero attached hydrogens (tertiary/aromatic N) is 2. The lowest BCUT2D eigenvalue weighted by Gasteiger charge is -2.05. The average Bonchev–Trinajstić information content (AvgIpc) is 2.90. The van der Waals surface area contributed by atoms with E-state index in [1.165, 1.54) is 0 Å². The number of nitrogens with one attached hydrogen (secondary N) is 1. The Morgan fingerprint density at radius 1 is 1.20 bits per heavy atom. The third kappa shape index (κ3) is 2.42. The molecule has 2 heterocycles. The number of aryl methyl sites for hydroxylation is 1. The summed E-state index contributed by atoms with van der Waals surface area (Å²) in [7, 11) is 1.63. The van der Waals surface area contributed by atoms with Gasteiger partial charge in [0, 0.05) is 12.3 Å². The number of H-pyrrole nitrogens is 1. The standard InChI is InChI=1S/C15H15N3O2/c1-10-6-7-16-15-14(10)17-13(18-15)9-20-12-5-3-4-11(8-12)19-2/h3-8H,9H2,1-2H3,(H,16,17,18). The first-order valence-electron chi connectivity index (χ1n) is 6.33. The summed E-state index contributed by atoms with van der Waals surface area (Å²) < 4.78 is 10.9. The molecule has 0 aliphatic carbocycles. The molecule has 0 aliphatic heterocycles. The number of imidazole rings is 1. The van der Waals surface area contributed by atoms with E-state index < -0.39 is 0 Å². The van der Waals surface area contributed by atoms with E-state index in [0.29, 0.717) is 12.3 Å². The van der Waals surface area contributed by atoms with Gasteiger partial charge in [0.25, 0.3) is 0 Å². The van der Waals surface area contributed by atoms with Crippen LogP contribution in [0.3, 0.4) is 0 Å². The van der Waals surface area contributed by atoms with Gasteiger partial charge in [0.1, 0.15) is 23.9 Å². The number of hydrogen-bond donors (Lipinski definition) is 1. The van der Waals surface area contributed by atoms with Gasteiger partial charge in [-0.2, -0.15) is 0 Å². The van der Waals surface area contributed by atoms with E-state index in [2.05, 4.69) is 15.0 Å². The van der Waals surface area contributed by atoms with E-state index in [0.717, 1.165) is 28.4 Å². The van der Waals surface area contributed by atoms with E-state index >= 15 is 0 Å². The molecular formula is C15H15N3O2. The highest BCUT2D eigenvalue weighted by Gasteiger charge is 2.06. The zero-order valence-electron chi connectivity index (χ0n) is 11.4. The first-order valence-corrected chi connectivity index (χ1v) is 6.33. The molecule has 0 spiro atoms. The van der Waals surface area contributed by atoms with Crippen LogP contribution in [0, 0.1) is 6.92 Å². The molecule has 0 radical (unpaired) electrons. The van der Waals surface area contributed by atoms with Crippen molar-refractivity contribution < 1.29 is 9.47 Å². The summed E-state index contributed by atoms with van der Waals surface area (Å²) in [6.45, 7) is 2.39. The van der Waals surface area contributed by atoms with Gasteiger partial charge in [-0.1, -0.05) is 6.07 Å². The molecule has 1 aromatic carbocycles. The maximum Gasteiger partial charge on any atom is 0.178 e. The molecule has 0 atom stereocenters. The van der Waals surface area contributed by atoms with Gasteiger partial charge < -0.3 is 14.5 Å². The number of aromatic nitrogens is 3. The number of rotatable bonds is 4. The molecule has 102 valence electrons. The maximum absolute atomic E-state index is 5.70. The fraction of sp³-hybridized carbons (Fsp3) is 0.200. The minimum atomic E-state index is 0.364. The third-order valence-corrected chi connectivity index (χ3v) is 3.07. The van der Waals surface area contributed by atoms with Crippen LogP contribution >= 0.6 is 0 Å². The molecular weight excluding hydrogens is 254 g/mol. The second kappa shape index (κ2) is 5.21. The SMILES string of the molecule is COc1cccc(OCc2nc3nccc(C)c3[nH]2)c1. The first-order chi connectivity index (χ1) is 9.76. The van der Waals surface area contributed by atoms with E-state index in [9.17, 15) is 0 Å². The zero-order chi connectivity index (χ0) is 13.9. The predicted molar refractivity (Wildman–Crippen MR) is 76.0 cm³/mol. The van der Waals surface area contributed by atoms with E-state index in [1.54, 1.807) is 13.3 Å². The Balaban J connectivity index is 1.78. The van der Waals surface area contributed by atoms with Crippen LogP contribution in [0.15, 0.2) is 36.5 Å². The average molecular weight is 269 g/mol. The second-order valence-electron chi connectivity index (χ2n) is 4.48. The molecule has 0 amide bonds. The molecule has 0 aliphatic rings. The number of ether oxygens (including phenoxy) is 2. The van der Waals surface area contributed by atoms with E-state index in [4.69, 9.17) is 9.47 Å². The Hall–Kier alpha value is -2.56. The van der Waals surface area contributed by atoms with Gasteiger partial charge in [0.05, 0.1) is 12.6 Å². The summed E-state index contributed by atoms with van der Waals surface area (Å²) in [5, 5.41) is 0. The van der Waals surface area contributed by atoms with Crippen LogP contribution < -0.4 is 9.47 Å². The lowest BCUT2D eigenvalue weighted by molar-refractivity contribution is 0.295. The minimum Gasteiger partial charge on any atom is -0.497 e. The highest BCUT2D eigenvalue weighted by Crippen LogP contribution is 2.20. The summed E-state index contributed by atoms with van der Waals surface area (Å²) in [6.07, 6.45) is 1.76. The summed E-state index contributed by atoms with van der Waals surface area (Å²) >= 11 is 0. The summed E-state index contributed by atoms with van der Waals surface area (Å²) in [6, 6.07) is 9.44. The van der Waals surface area contributed by atoms with Crippen LogP contribution in [0.5, 0.6) is 11.5 Å². The van der Waals surface area contributed by atoms with Crippen LogP contribution in [-0.2, 0) is 6.61 Å². The van der Waals surface area contributed by atoms with Gasteiger partial charge in [-0.15, -0.1) is 0 Å². The monoisotopic (exact) mass is 269 g/mol. The van der Waals surface area contributed by atoms with Crippen molar-refractivity contribution in [2.24, 2.45) is 0 Å². The molecule has 5 heteroatoms. The van der Waals surface area contributed by atoms with Crippen molar-refractivity contribution in [1.82, 2.24) is 15.0 Å². The molecule has 2 aromatic heterocycles. The van der Waals surface area contributed by atoms with Crippen LogP contribution in [0.4, 0.5) is 0 Å². The van der Waals surface area contributed by atoms with Crippen LogP contribution in [0.1, 0.15) is 11.4 Å². The van der Waals surface area contributed by atoms with Crippen molar-refractivity contribution in [3.05, 3.63) is 47.9 Å². The topological polar surface area (TPSA) is 60.0 Å². The second-order valence-corrected chi connectivity index (χ2v) is 4.48. The van der Waals surface area contributed by atoms with Crippen LogP contribution in [0.25, 0.3) is 11.2 Å². The Kier molecular flexibility index (Phi) is 3.25. The number of hydrogen-bond acceptors (Lipinski definition) is 4. The fourth-order valence-electron chi connectivity index (χ4n) is 1.99. The Morgan fingerprint density at radius 3 is 2.85 bits per heavy atom. The fourth-order valence-corrected chi connectivity index (χ4v) is 1.99.